The van der Waals surface area contributed by atoms with Crippen molar-refractivity contribution in [2.24, 2.45) is 0 Å². The Balaban J connectivity index is 1.91. The van der Waals surface area contributed by atoms with Gasteiger partial charge in [0, 0.05) is 12.2 Å². The van der Waals surface area contributed by atoms with Gasteiger partial charge in [0.15, 0.2) is 0 Å². The molecule has 0 aromatic heterocycles. The van der Waals surface area contributed by atoms with E-state index >= 15 is 0 Å². The molecular formula is C21H29NO. The Labute approximate surface area is 140 Å². The molecule has 2 rings (SSSR count). The molecule has 0 radical (unpaired) electrons. The van der Waals surface area contributed by atoms with Crippen molar-refractivity contribution in [3.8, 4) is 5.75 Å². The van der Waals surface area contributed by atoms with Crippen LogP contribution in [0.5, 0.6) is 5.75 Å². The van der Waals surface area contributed by atoms with E-state index in [-0.39, 0.29) is 5.41 Å². The lowest BCUT2D eigenvalue weighted by atomic mass is 9.87. The predicted octanol–water partition coefficient (Wildman–Crippen LogP) is 5.78. The molecule has 23 heavy (non-hydrogen) atoms. The summed E-state index contributed by atoms with van der Waals surface area (Å²) in [6, 6.07) is 17.0. The summed E-state index contributed by atoms with van der Waals surface area (Å²) in [5.41, 5.74) is 3.94. The Hall–Kier alpha value is -1.96. The van der Waals surface area contributed by atoms with Crippen LogP contribution in [0.4, 0.5) is 5.69 Å². The molecule has 0 amide bonds. The largest absolute Gasteiger partial charge is 0.494 e. The summed E-state index contributed by atoms with van der Waals surface area (Å²) < 4.78 is 5.76. The van der Waals surface area contributed by atoms with Crippen molar-refractivity contribution >= 4 is 5.69 Å². The van der Waals surface area contributed by atoms with Gasteiger partial charge in [-0.15, -0.1) is 0 Å². The molecule has 2 nitrogen and oxygen atoms in total. The van der Waals surface area contributed by atoms with Gasteiger partial charge in [-0.25, -0.2) is 0 Å². The lowest BCUT2D eigenvalue weighted by molar-refractivity contribution is 0.309. The third-order valence-corrected chi connectivity index (χ3v) is 3.91. The first-order valence-electron chi connectivity index (χ1n) is 8.55. The number of anilines is 1. The zero-order chi connectivity index (χ0) is 16.7. The number of hydrogen-bond acceptors (Lipinski definition) is 2. The van der Waals surface area contributed by atoms with Gasteiger partial charge in [0.1, 0.15) is 5.75 Å². The van der Waals surface area contributed by atoms with Crippen molar-refractivity contribution in [1.29, 1.82) is 0 Å². The van der Waals surface area contributed by atoms with Gasteiger partial charge < -0.3 is 10.1 Å². The molecule has 1 N–H and O–H groups in total. The van der Waals surface area contributed by atoms with Gasteiger partial charge in [0.05, 0.1) is 6.61 Å². The molecule has 124 valence electrons. The normalized spacial score (nSPS) is 11.3. The first-order valence-corrected chi connectivity index (χ1v) is 8.55. The molecule has 0 spiro atoms. The van der Waals surface area contributed by atoms with Gasteiger partial charge >= 0.3 is 0 Å². The Kier molecular flexibility index (Phi) is 6.09. The van der Waals surface area contributed by atoms with E-state index in [0.29, 0.717) is 0 Å². The summed E-state index contributed by atoms with van der Waals surface area (Å²) >= 11 is 0. The molecular weight excluding hydrogens is 282 g/mol. The highest BCUT2D eigenvalue weighted by atomic mass is 16.5. The van der Waals surface area contributed by atoms with Crippen LogP contribution >= 0.6 is 0 Å². The molecule has 0 unspecified atom stereocenters. The number of rotatable bonds is 7. The smallest absolute Gasteiger partial charge is 0.119 e. The van der Waals surface area contributed by atoms with Gasteiger partial charge in [-0.1, -0.05) is 58.4 Å². The molecule has 2 aromatic carbocycles. The molecule has 0 atom stereocenters. The van der Waals surface area contributed by atoms with Crippen LogP contribution in [0.25, 0.3) is 0 Å². The number of ether oxygens (including phenoxy) is 1. The second kappa shape index (κ2) is 8.05. The van der Waals surface area contributed by atoms with Crippen LogP contribution in [0.2, 0.25) is 0 Å². The molecule has 0 bridgehead atoms. The topological polar surface area (TPSA) is 21.3 Å². The van der Waals surface area contributed by atoms with Crippen LogP contribution in [-0.4, -0.2) is 6.61 Å². The average molecular weight is 311 g/mol. The third kappa shape index (κ3) is 5.63. The minimum absolute atomic E-state index is 0.197. The van der Waals surface area contributed by atoms with Crippen molar-refractivity contribution in [2.75, 3.05) is 11.9 Å². The van der Waals surface area contributed by atoms with Crippen molar-refractivity contribution in [2.45, 2.75) is 52.5 Å². The van der Waals surface area contributed by atoms with Crippen molar-refractivity contribution in [3.05, 3.63) is 59.7 Å². The van der Waals surface area contributed by atoms with Crippen LogP contribution in [0.1, 0.15) is 51.7 Å². The summed E-state index contributed by atoms with van der Waals surface area (Å²) in [6.45, 7) is 10.5. The lowest BCUT2D eigenvalue weighted by Crippen LogP contribution is -2.10. The van der Waals surface area contributed by atoms with Gasteiger partial charge in [-0.05, 0) is 47.2 Å². The van der Waals surface area contributed by atoms with Gasteiger partial charge in [-0.2, -0.15) is 0 Å². The Morgan fingerprint density at radius 2 is 1.74 bits per heavy atom. The second-order valence-electron chi connectivity index (χ2n) is 7.03. The zero-order valence-electron chi connectivity index (χ0n) is 14.9. The quantitative estimate of drug-likeness (QED) is 0.655. The molecule has 0 fully saturated rings. The van der Waals surface area contributed by atoms with Crippen molar-refractivity contribution in [1.82, 2.24) is 0 Å². The minimum Gasteiger partial charge on any atom is -0.494 e. The standard InChI is InChI=1S/C21H29NO/c1-5-6-14-23-20-9-7-8-17(15-20)16-22-19-12-10-18(11-13-19)21(2,3)4/h7-13,15,22H,5-6,14,16H2,1-4H3. The van der Waals surface area contributed by atoms with Crippen LogP contribution in [0.3, 0.4) is 0 Å². The highest BCUT2D eigenvalue weighted by Crippen LogP contribution is 2.24. The number of unbranched alkanes of at least 4 members (excludes halogenated alkanes) is 1. The lowest BCUT2D eigenvalue weighted by Gasteiger charge is -2.19. The fraction of sp³-hybridized carbons (Fsp3) is 0.429. The van der Waals surface area contributed by atoms with Crippen molar-refractivity contribution in [3.63, 3.8) is 0 Å². The summed E-state index contributed by atoms with van der Waals surface area (Å²) in [5, 5.41) is 3.48. The molecule has 0 aliphatic heterocycles. The van der Waals surface area contributed by atoms with E-state index in [4.69, 9.17) is 4.74 Å². The Morgan fingerprint density at radius 3 is 2.39 bits per heavy atom. The molecule has 2 aromatic rings. The van der Waals surface area contributed by atoms with Gasteiger partial charge in [0.25, 0.3) is 0 Å². The maximum atomic E-state index is 5.76. The molecule has 0 saturated carbocycles. The van der Waals surface area contributed by atoms with Gasteiger partial charge in [0.2, 0.25) is 0 Å². The SMILES string of the molecule is CCCCOc1cccc(CNc2ccc(C(C)(C)C)cc2)c1. The third-order valence-electron chi connectivity index (χ3n) is 3.91. The molecule has 2 heteroatoms. The maximum absolute atomic E-state index is 5.76. The maximum Gasteiger partial charge on any atom is 0.119 e. The fourth-order valence-electron chi connectivity index (χ4n) is 2.37. The zero-order valence-corrected chi connectivity index (χ0v) is 14.9. The van der Waals surface area contributed by atoms with Crippen LogP contribution in [0.15, 0.2) is 48.5 Å². The molecule has 0 heterocycles. The Morgan fingerprint density at radius 1 is 1.00 bits per heavy atom. The number of benzene rings is 2. The van der Waals surface area contributed by atoms with Gasteiger partial charge in [-0.3, -0.25) is 0 Å². The van der Waals surface area contributed by atoms with E-state index in [0.717, 1.165) is 37.4 Å². The molecule has 0 aliphatic carbocycles. The summed E-state index contributed by atoms with van der Waals surface area (Å²) in [5.74, 6) is 0.959. The fourth-order valence-corrected chi connectivity index (χ4v) is 2.37. The summed E-state index contributed by atoms with van der Waals surface area (Å²) in [4.78, 5) is 0. The minimum atomic E-state index is 0.197. The summed E-state index contributed by atoms with van der Waals surface area (Å²) in [6.07, 6.45) is 2.26. The van der Waals surface area contributed by atoms with E-state index in [9.17, 15) is 0 Å². The van der Waals surface area contributed by atoms with Crippen molar-refractivity contribution < 1.29 is 4.74 Å². The monoisotopic (exact) mass is 311 g/mol. The van der Waals surface area contributed by atoms with Crippen LogP contribution in [-0.2, 0) is 12.0 Å². The number of hydrogen-bond donors (Lipinski definition) is 1. The number of nitrogens with one attached hydrogen (secondary N) is 1. The molecule has 0 aliphatic rings. The van der Waals surface area contributed by atoms with Crippen LogP contribution in [0, 0.1) is 0 Å². The first-order chi connectivity index (χ1) is 11.0. The average Bonchev–Trinajstić information content (AvgIpc) is 2.53. The van der Waals surface area contributed by atoms with E-state index in [1.165, 1.54) is 11.1 Å². The van der Waals surface area contributed by atoms with E-state index in [2.05, 4.69) is 75.5 Å². The second-order valence-corrected chi connectivity index (χ2v) is 7.03. The highest BCUT2D eigenvalue weighted by Gasteiger charge is 2.12. The van der Waals surface area contributed by atoms with E-state index < -0.39 is 0 Å². The van der Waals surface area contributed by atoms with Crippen LogP contribution < -0.4 is 10.1 Å². The predicted molar refractivity (Wildman–Crippen MR) is 99.3 cm³/mol. The molecule has 0 saturated heterocycles. The highest BCUT2D eigenvalue weighted by molar-refractivity contribution is 5.46. The summed E-state index contributed by atoms with van der Waals surface area (Å²) in [7, 11) is 0. The van der Waals surface area contributed by atoms with E-state index in [1.54, 1.807) is 0 Å². The Bertz CT molecular complexity index is 596. The van der Waals surface area contributed by atoms with E-state index in [1.807, 2.05) is 6.07 Å². The first kappa shape index (κ1) is 17.4.